The average Bonchev–Trinajstić information content (AvgIpc) is 2.47. The lowest BCUT2D eigenvalue weighted by molar-refractivity contribution is 0.130. The Bertz CT molecular complexity index is 426. The van der Waals surface area contributed by atoms with Crippen molar-refractivity contribution < 1.29 is 0 Å². The molecular formula is C20H33N. The maximum Gasteiger partial charge on any atom is -0.00177 e. The van der Waals surface area contributed by atoms with Crippen LogP contribution in [0.25, 0.3) is 0 Å². The van der Waals surface area contributed by atoms with Gasteiger partial charge in [-0.2, -0.15) is 0 Å². The van der Waals surface area contributed by atoms with Crippen molar-refractivity contribution in [1.82, 2.24) is 5.32 Å². The summed E-state index contributed by atoms with van der Waals surface area (Å²) in [4.78, 5) is 0. The lowest BCUT2D eigenvalue weighted by atomic mass is 9.64. The topological polar surface area (TPSA) is 12.0 Å². The van der Waals surface area contributed by atoms with E-state index in [2.05, 4.69) is 64.3 Å². The van der Waals surface area contributed by atoms with E-state index in [0.717, 1.165) is 30.7 Å². The van der Waals surface area contributed by atoms with E-state index in [1.807, 2.05) is 0 Å². The SMILES string of the molecule is CCc1ccc(C2CC(C(C)(C)C)CCC2CNC)cc1. The summed E-state index contributed by atoms with van der Waals surface area (Å²) in [5, 5.41) is 3.41. The van der Waals surface area contributed by atoms with E-state index in [0.29, 0.717) is 5.41 Å². The van der Waals surface area contributed by atoms with Crippen LogP contribution in [-0.2, 0) is 6.42 Å². The normalized spacial score (nSPS) is 26.8. The quantitative estimate of drug-likeness (QED) is 0.820. The molecule has 1 N–H and O–H groups in total. The van der Waals surface area contributed by atoms with Crippen LogP contribution in [0.4, 0.5) is 0 Å². The highest BCUT2D eigenvalue weighted by atomic mass is 14.8. The zero-order valence-electron chi connectivity index (χ0n) is 14.6. The molecule has 1 aliphatic rings. The first-order valence-corrected chi connectivity index (χ1v) is 8.69. The van der Waals surface area contributed by atoms with Gasteiger partial charge in [0.2, 0.25) is 0 Å². The van der Waals surface area contributed by atoms with Gasteiger partial charge in [0.25, 0.3) is 0 Å². The third kappa shape index (κ3) is 4.10. The Kier molecular flexibility index (Phi) is 5.48. The Hall–Kier alpha value is -0.820. The molecule has 2 rings (SSSR count). The van der Waals surface area contributed by atoms with Crippen molar-refractivity contribution in [1.29, 1.82) is 0 Å². The predicted molar refractivity (Wildman–Crippen MR) is 92.8 cm³/mol. The van der Waals surface area contributed by atoms with Gasteiger partial charge in [0.05, 0.1) is 0 Å². The van der Waals surface area contributed by atoms with E-state index in [-0.39, 0.29) is 0 Å². The van der Waals surface area contributed by atoms with Gasteiger partial charge in [-0.25, -0.2) is 0 Å². The second-order valence-corrected chi connectivity index (χ2v) is 7.90. The third-order valence-electron chi connectivity index (χ3n) is 5.50. The molecule has 1 nitrogen and oxygen atoms in total. The molecule has 21 heavy (non-hydrogen) atoms. The molecule has 1 aromatic rings. The summed E-state index contributed by atoms with van der Waals surface area (Å²) in [6.45, 7) is 10.6. The lowest BCUT2D eigenvalue weighted by Gasteiger charge is -2.42. The number of hydrogen-bond acceptors (Lipinski definition) is 1. The molecular weight excluding hydrogens is 254 g/mol. The molecule has 0 aromatic heterocycles. The van der Waals surface area contributed by atoms with E-state index in [1.165, 1.54) is 24.8 Å². The first kappa shape index (κ1) is 16.5. The van der Waals surface area contributed by atoms with Crippen molar-refractivity contribution in [2.45, 2.75) is 59.3 Å². The number of rotatable bonds is 4. The van der Waals surface area contributed by atoms with E-state index in [4.69, 9.17) is 0 Å². The standard InChI is InChI=1S/C20H33N/c1-6-15-7-9-16(10-8-15)19-13-18(20(2,3)4)12-11-17(19)14-21-5/h7-10,17-19,21H,6,11-14H2,1-5H3. The summed E-state index contributed by atoms with van der Waals surface area (Å²) in [6, 6.07) is 9.42. The van der Waals surface area contributed by atoms with Crippen LogP contribution in [0, 0.1) is 17.3 Å². The Morgan fingerprint density at radius 2 is 1.76 bits per heavy atom. The monoisotopic (exact) mass is 287 g/mol. The first-order valence-electron chi connectivity index (χ1n) is 8.69. The molecule has 0 radical (unpaired) electrons. The Balaban J connectivity index is 2.20. The van der Waals surface area contributed by atoms with Crippen molar-refractivity contribution >= 4 is 0 Å². The molecule has 1 fully saturated rings. The highest BCUT2D eigenvalue weighted by molar-refractivity contribution is 5.26. The molecule has 0 spiro atoms. The van der Waals surface area contributed by atoms with Crippen LogP contribution >= 0.6 is 0 Å². The molecule has 1 aromatic carbocycles. The number of hydrogen-bond donors (Lipinski definition) is 1. The van der Waals surface area contributed by atoms with Gasteiger partial charge in [-0.05, 0) is 73.6 Å². The fourth-order valence-corrected chi connectivity index (χ4v) is 3.94. The van der Waals surface area contributed by atoms with Gasteiger partial charge in [-0.3, -0.25) is 0 Å². The van der Waals surface area contributed by atoms with Crippen molar-refractivity contribution in [3.05, 3.63) is 35.4 Å². The molecule has 0 saturated heterocycles. The van der Waals surface area contributed by atoms with Gasteiger partial charge in [0.15, 0.2) is 0 Å². The summed E-state index contributed by atoms with van der Waals surface area (Å²) < 4.78 is 0. The zero-order valence-corrected chi connectivity index (χ0v) is 14.6. The summed E-state index contributed by atoms with van der Waals surface area (Å²) in [5.41, 5.74) is 3.44. The van der Waals surface area contributed by atoms with Crippen LogP contribution in [0.5, 0.6) is 0 Å². The minimum atomic E-state index is 0.437. The second-order valence-electron chi connectivity index (χ2n) is 7.90. The highest BCUT2D eigenvalue weighted by Crippen LogP contribution is 2.46. The molecule has 118 valence electrons. The van der Waals surface area contributed by atoms with E-state index in [9.17, 15) is 0 Å². The van der Waals surface area contributed by atoms with Crippen LogP contribution in [-0.4, -0.2) is 13.6 Å². The van der Waals surface area contributed by atoms with Crippen LogP contribution in [0.15, 0.2) is 24.3 Å². The molecule has 0 heterocycles. The summed E-state index contributed by atoms with van der Waals surface area (Å²) >= 11 is 0. The van der Waals surface area contributed by atoms with Gasteiger partial charge in [-0.15, -0.1) is 0 Å². The maximum atomic E-state index is 3.41. The van der Waals surface area contributed by atoms with Crippen molar-refractivity contribution in [3.8, 4) is 0 Å². The first-order chi connectivity index (χ1) is 9.95. The fourth-order valence-electron chi connectivity index (χ4n) is 3.94. The van der Waals surface area contributed by atoms with Gasteiger partial charge in [-0.1, -0.05) is 52.0 Å². The van der Waals surface area contributed by atoms with Crippen molar-refractivity contribution in [2.24, 2.45) is 17.3 Å². The maximum absolute atomic E-state index is 3.41. The summed E-state index contributed by atoms with van der Waals surface area (Å²) in [5.74, 6) is 2.36. The highest BCUT2D eigenvalue weighted by Gasteiger charge is 2.36. The second kappa shape index (κ2) is 6.96. The predicted octanol–water partition coefficient (Wildman–Crippen LogP) is 5.01. The van der Waals surface area contributed by atoms with Gasteiger partial charge in [0.1, 0.15) is 0 Å². The molecule has 3 unspecified atom stereocenters. The minimum Gasteiger partial charge on any atom is -0.319 e. The van der Waals surface area contributed by atoms with Gasteiger partial charge in [0, 0.05) is 0 Å². The Morgan fingerprint density at radius 3 is 2.29 bits per heavy atom. The molecule has 1 saturated carbocycles. The smallest absolute Gasteiger partial charge is 0.00177 e. The van der Waals surface area contributed by atoms with E-state index < -0.39 is 0 Å². The Labute approximate surface area is 131 Å². The van der Waals surface area contributed by atoms with Gasteiger partial charge < -0.3 is 5.32 Å². The third-order valence-corrected chi connectivity index (χ3v) is 5.50. The van der Waals surface area contributed by atoms with Crippen LogP contribution < -0.4 is 5.32 Å². The largest absolute Gasteiger partial charge is 0.319 e. The van der Waals surface area contributed by atoms with E-state index >= 15 is 0 Å². The number of aryl methyl sites for hydroxylation is 1. The van der Waals surface area contributed by atoms with Crippen LogP contribution in [0.3, 0.4) is 0 Å². The summed E-state index contributed by atoms with van der Waals surface area (Å²) in [6.07, 6.45) is 5.24. The van der Waals surface area contributed by atoms with Crippen molar-refractivity contribution in [3.63, 3.8) is 0 Å². The molecule has 0 amide bonds. The number of benzene rings is 1. The average molecular weight is 287 g/mol. The van der Waals surface area contributed by atoms with E-state index in [1.54, 1.807) is 5.56 Å². The van der Waals surface area contributed by atoms with Crippen molar-refractivity contribution in [2.75, 3.05) is 13.6 Å². The Morgan fingerprint density at radius 1 is 1.10 bits per heavy atom. The molecule has 0 aliphatic heterocycles. The fraction of sp³-hybridized carbons (Fsp3) is 0.700. The van der Waals surface area contributed by atoms with Gasteiger partial charge >= 0.3 is 0 Å². The zero-order chi connectivity index (χ0) is 15.5. The van der Waals surface area contributed by atoms with Crippen LogP contribution in [0.1, 0.15) is 64.0 Å². The summed E-state index contributed by atoms with van der Waals surface area (Å²) in [7, 11) is 2.09. The lowest BCUT2D eigenvalue weighted by Crippen LogP contribution is -2.34. The number of nitrogens with one attached hydrogen (secondary N) is 1. The molecule has 3 atom stereocenters. The molecule has 1 heteroatoms. The molecule has 0 bridgehead atoms. The molecule has 1 aliphatic carbocycles. The van der Waals surface area contributed by atoms with Crippen LogP contribution in [0.2, 0.25) is 0 Å². The minimum absolute atomic E-state index is 0.437.